The minimum Gasteiger partial charge on any atom is -0.379 e. The summed E-state index contributed by atoms with van der Waals surface area (Å²) in [6.45, 7) is 7.94. The molecular formula is C28H31ClN6O2. The number of amides is 1. The summed E-state index contributed by atoms with van der Waals surface area (Å²) < 4.78 is 7.18. The average molecular weight is 519 g/mol. The van der Waals surface area contributed by atoms with E-state index in [-0.39, 0.29) is 11.8 Å². The molecule has 37 heavy (non-hydrogen) atoms. The Morgan fingerprint density at radius 1 is 1.11 bits per heavy atom. The lowest BCUT2D eigenvalue weighted by Gasteiger charge is -2.39. The molecule has 0 bridgehead atoms. The number of carbonyl (C=O) groups excluding carboxylic acids is 1. The Labute approximate surface area is 222 Å². The molecule has 2 aliphatic rings. The first kappa shape index (κ1) is 25.3. The number of anilines is 2. The molecule has 3 heterocycles. The molecule has 1 N–H and O–H groups in total. The number of rotatable bonds is 6. The Hall–Kier alpha value is -3.38. The number of morpholine rings is 1. The fraction of sp³-hybridized carbons (Fsp3) is 0.393. The van der Waals surface area contributed by atoms with Gasteiger partial charge in [0.1, 0.15) is 0 Å². The number of carbonyl (C=O) groups is 1. The van der Waals surface area contributed by atoms with Crippen LogP contribution in [-0.2, 0) is 4.74 Å². The number of nitriles is 1. The van der Waals surface area contributed by atoms with Crippen LogP contribution in [-0.4, -0.2) is 66.5 Å². The molecule has 1 amide bonds. The van der Waals surface area contributed by atoms with E-state index in [1.54, 1.807) is 23.0 Å². The molecule has 2 aliphatic heterocycles. The molecule has 0 spiro atoms. The minimum absolute atomic E-state index is 0.00359. The Morgan fingerprint density at radius 2 is 1.81 bits per heavy atom. The van der Waals surface area contributed by atoms with Crippen LogP contribution >= 0.6 is 11.6 Å². The summed E-state index contributed by atoms with van der Waals surface area (Å²) in [5.74, 6) is 0.171. The van der Waals surface area contributed by atoms with Crippen molar-refractivity contribution in [2.75, 3.05) is 56.2 Å². The van der Waals surface area contributed by atoms with Gasteiger partial charge in [-0.2, -0.15) is 10.4 Å². The fourth-order valence-corrected chi connectivity index (χ4v) is 5.27. The predicted molar refractivity (Wildman–Crippen MR) is 144 cm³/mol. The minimum atomic E-state index is -0.209. The summed E-state index contributed by atoms with van der Waals surface area (Å²) in [7, 11) is 0. The van der Waals surface area contributed by atoms with Crippen molar-refractivity contribution in [2.45, 2.75) is 13.3 Å². The van der Waals surface area contributed by atoms with Crippen molar-refractivity contribution in [3.05, 3.63) is 71.0 Å². The van der Waals surface area contributed by atoms with Crippen molar-refractivity contribution < 1.29 is 9.53 Å². The highest BCUT2D eigenvalue weighted by Gasteiger charge is 2.31. The highest BCUT2D eigenvalue weighted by Crippen LogP contribution is 2.29. The lowest BCUT2D eigenvalue weighted by Crippen LogP contribution is -2.46. The third kappa shape index (κ3) is 5.80. The van der Waals surface area contributed by atoms with Crippen LogP contribution in [0, 0.1) is 30.1 Å². The van der Waals surface area contributed by atoms with E-state index in [1.165, 1.54) is 0 Å². The smallest absolute Gasteiger partial charge is 0.259 e. The van der Waals surface area contributed by atoms with Crippen LogP contribution in [0.3, 0.4) is 0 Å². The van der Waals surface area contributed by atoms with E-state index in [9.17, 15) is 10.1 Å². The topological polar surface area (TPSA) is 86.4 Å². The van der Waals surface area contributed by atoms with Gasteiger partial charge in [0.2, 0.25) is 0 Å². The molecule has 2 atom stereocenters. The number of nitrogens with zero attached hydrogens (tertiary/aromatic N) is 5. The van der Waals surface area contributed by atoms with Crippen LogP contribution in [0.5, 0.6) is 0 Å². The van der Waals surface area contributed by atoms with Gasteiger partial charge >= 0.3 is 0 Å². The molecule has 5 rings (SSSR count). The monoisotopic (exact) mass is 518 g/mol. The molecule has 2 unspecified atom stereocenters. The molecule has 3 aromatic rings. The number of hydrogen-bond donors (Lipinski definition) is 1. The van der Waals surface area contributed by atoms with E-state index < -0.39 is 0 Å². The van der Waals surface area contributed by atoms with Crippen molar-refractivity contribution in [1.82, 2.24) is 14.7 Å². The molecule has 2 aromatic carbocycles. The summed E-state index contributed by atoms with van der Waals surface area (Å²) in [6.07, 6.45) is 2.57. The second-order valence-electron chi connectivity index (χ2n) is 9.68. The maximum atomic E-state index is 13.0. The van der Waals surface area contributed by atoms with Crippen LogP contribution in [0.1, 0.15) is 22.5 Å². The molecule has 2 saturated heterocycles. The predicted octanol–water partition coefficient (Wildman–Crippen LogP) is 4.38. The molecule has 0 radical (unpaired) electrons. The lowest BCUT2D eigenvalue weighted by atomic mass is 9.85. The molecular weight excluding hydrogens is 488 g/mol. The first-order valence-corrected chi connectivity index (χ1v) is 13.1. The number of aromatic nitrogens is 2. The van der Waals surface area contributed by atoms with Gasteiger partial charge in [-0.25, -0.2) is 4.68 Å². The van der Waals surface area contributed by atoms with Crippen molar-refractivity contribution in [2.24, 2.45) is 11.8 Å². The second kappa shape index (κ2) is 11.3. The van der Waals surface area contributed by atoms with Gasteiger partial charge in [-0.05, 0) is 67.8 Å². The molecule has 0 aliphatic carbocycles. The van der Waals surface area contributed by atoms with Gasteiger partial charge in [0.05, 0.1) is 48.3 Å². The van der Waals surface area contributed by atoms with Crippen molar-refractivity contribution in [1.29, 1.82) is 5.26 Å². The molecule has 192 valence electrons. The van der Waals surface area contributed by atoms with Crippen LogP contribution in [0.4, 0.5) is 11.4 Å². The van der Waals surface area contributed by atoms with E-state index in [0.717, 1.165) is 69.4 Å². The molecule has 8 nitrogen and oxygen atoms in total. The quantitative estimate of drug-likeness (QED) is 0.521. The van der Waals surface area contributed by atoms with E-state index in [4.69, 9.17) is 16.3 Å². The number of hydrogen-bond acceptors (Lipinski definition) is 6. The van der Waals surface area contributed by atoms with E-state index >= 15 is 0 Å². The zero-order valence-corrected chi connectivity index (χ0v) is 21.7. The van der Waals surface area contributed by atoms with Gasteiger partial charge in [0.15, 0.2) is 0 Å². The number of piperidine rings is 1. The Kier molecular flexibility index (Phi) is 7.75. The molecule has 1 aromatic heterocycles. The molecule has 0 saturated carbocycles. The number of benzene rings is 2. The van der Waals surface area contributed by atoms with Crippen molar-refractivity contribution >= 4 is 28.9 Å². The number of halogens is 1. The summed E-state index contributed by atoms with van der Waals surface area (Å²) in [5, 5.41) is 17.8. The standard InChI is InChI=1S/C28H31ClN6O2/c1-20-27(17-31-35(20)26-6-2-23(29)3-7-26)28(36)32-24-4-8-25(9-5-24)34-11-10-21(22(16-30)19-34)18-33-12-14-37-15-13-33/h2-9,17,21-22H,10-15,18-19H2,1H3,(H,32,36). The van der Waals surface area contributed by atoms with E-state index in [1.807, 2.05) is 43.3 Å². The molecule has 9 heteroatoms. The first-order chi connectivity index (χ1) is 18.0. The first-order valence-electron chi connectivity index (χ1n) is 12.7. The van der Waals surface area contributed by atoms with Gasteiger partial charge in [-0.15, -0.1) is 0 Å². The highest BCUT2D eigenvalue weighted by atomic mass is 35.5. The second-order valence-corrected chi connectivity index (χ2v) is 10.1. The third-order valence-corrected chi connectivity index (χ3v) is 7.59. The SMILES string of the molecule is Cc1c(C(=O)Nc2ccc(N3CCC(CN4CCOCC4)C(C#N)C3)cc2)cnn1-c1ccc(Cl)cc1. The maximum absolute atomic E-state index is 13.0. The lowest BCUT2D eigenvalue weighted by molar-refractivity contribution is 0.0262. The van der Waals surface area contributed by atoms with Crippen molar-refractivity contribution in [3.8, 4) is 11.8 Å². The third-order valence-electron chi connectivity index (χ3n) is 7.33. The highest BCUT2D eigenvalue weighted by molar-refractivity contribution is 6.30. The van der Waals surface area contributed by atoms with Gasteiger partial charge in [0, 0.05) is 49.1 Å². The summed E-state index contributed by atoms with van der Waals surface area (Å²) in [5.41, 5.74) is 3.88. The number of nitrogens with one attached hydrogen (secondary N) is 1. The summed E-state index contributed by atoms with van der Waals surface area (Å²) >= 11 is 5.99. The average Bonchev–Trinajstić information content (AvgIpc) is 3.31. The Bertz CT molecular complexity index is 1260. The zero-order chi connectivity index (χ0) is 25.8. The van der Waals surface area contributed by atoms with Gasteiger partial charge in [0.25, 0.3) is 5.91 Å². The summed E-state index contributed by atoms with van der Waals surface area (Å²) in [4.78, 5) is 17.7. The van der Waals surface area contributed by atoms with Crippen LogP contribution in [0.25, 0.3) is 5.69 Å². The van der Waals surface area contributed by atoms with E-state index in [0.29, 0.717) is 22.2 Å². The molecule has 2 fully saturated rings. The van der Waals surface area contributed by atoms with Crippen LogP contribution in [0.15, 0.2) is 54.7 Å². The van der Waals surface area contributed by atoms with Gasteiger partial charge < -0.3 is 15.0 Å². The fourth-order valence-electron chi connectivity index (χ4n) is 5.14. The summed E-state index contributed by atoms with van der Waals surface area (Å²) in [6, 6.07) is 17.7. The van der Waals surface area contributed by atoms with Gasteiger partial charge in [-0.3, -0.25) is 9.69 Å². The van der Waals surface area contributed by atoms with Crippen molar-refractivity contribution in [3.63, 3.8) is 0 Å². The largest absolute Gasteiger partial charge is 0.379 e. The zero-order valence-electron chi connectivity index (χ0n) is 20.9. The van der Waals surface area contributed by atoms with Crippen LogP contribution < -0.4 is 10.2 Å². The number of ether oxygens (including phenoxy) is 1. The normalized spacial score (nSPS) is 20.4. The van der Waals surface area contributed by atoms with E-state index in [2.05, 4.69) is 26.3 Å². The Balaban J connectivity index is 1.20. The maximum Gasteiger partial charge on any atom is 0.259 e. The Morgan fingerprint density at radius 3 is 2.51 bits per heavy atom. The van der Waals surface area contributed by atoms with Gasteiger partial charge in [-0.1, -0.05) is 11.6 Å². The van der Waals surface area contributed by atoms with Crippen LogP contribution in [0.2, 0.25) is 5.02 Å².